The summed E-state index contributed by atoms with van der Waals surface area (Å²) in [6.07, 6.45) is 0. The van der Waals surface area contributed by atoms with E-state index in [-0.39, 0.29) is 38.7 Å². The summed E-state index contributed by atoms with van der Waals surface area (Å²) in [5.41, 5.74) is -0.183. The number of aromatic nitrogens is 2. The van der Waals surface area contributed by atoms with Gasteiger partial charge in [0.15, 0.2) is 5.15 Å². The molecule has 0 unspecified atom stereocenters. The number of anilines is 1. The average Bonchev–Trinajstić information content (AvgIpc) is 2.59. The molecule has 0 spiro atoms. The highest BCUT2D eigenvalue weighted by Crippen LogP contribution is 2.29. The predicted octanol–water partition coefficient (Wildman–Crippen LogP) is 4.60. The first-order chi connectivity index (χ1) is 11.9. The Bertz CT molecular complexity index is 994. The molecule has 0 aliphatic rings. The van der Waals surface area contributed by atoms with Crippen LogP contribution in [0.5, 0.6) is 0 Å². The van der Waals surface area contributed by atoms with Crippen LogP contribution in [-0.4, -0.2) is 16.7 Å². The molecule has 9 heteroatoms. The third kappa shape index (κ3) is 3.43. The van der Waals surface area contributed by atoms with Crippen molar-refractivity contribution >= 4 is 39.7 Å². The summed E-state index contributed by atoms with van der Waals surface area (Å²) in [5.74, 6) is -0.689. The number of fused-ring (bicyclic) bond motifs is 1. The van der Waals surface area contributed by atoms with E-state index >= 15 is 0 Å². The molecule has 25 heavy (non-hydrogen) atoms. The third-order valence-electron chi connectivity index (χ3n) is 3.67. The van der Waals surface area contributed by atoms with Gasteiger partial charge in [0.2, 0.25) is 0 Å². The van der Waals surface area contributed by atoms with Crippen molar-refractivity contribution in [3.63, 3.8) is 0 Å². The van der Waals surface area contributed by atoms with Crippen LogP contribution in [0.4, 0.5) is 18.9 Å². The van der Waals surface area contributed by atoms with Gasteiger partial charge in [0.1, 0.15) is 5.82 Å². The van der Waals surface area contributed by atoms with Gasteiger partial charge >= 0.3 is 6.55 Å². The molecule has 0 fully saturated rings. The Labute approximate surface area is 149 Å². The van der Waals surface area contributed by atoms with Crippen LogP contribution in [0.1, 0.15) is 5.56 Å². The van der Waals surface area contributed by atoms with E-state index in [2.05, 4.69) is 10.2 Å². The van der Waals surface area contributed by atoms with Crippen LogP contribution in [0.15, 0.2) is 41.2 Å². The van der Waals surface area contributed by atoms with Crippen molar-refractivity contribution in [2.75, 3.05) is 4.90 Å². The van der Waals surface area contributed by atoms with Crippen molar-refractivity contribution in [1.29, 1.82) is 0 Å². The summed E-state index contributed by atoms with van der Waals surface area (Å²) in [7, 11) is 0. The van der Waals surface area contributed by atoms with Crippen molar-refractivity contribution < 1.29 is 13.2 Å². The van der Waals surface area contributed by atoms with Gasteiger partial charge < -0.3 is 4.90 Å². The molecule has 0 saturated heterocycles. The van der Waals surface area contributed by atoms with E-state index < -0.39 is 17.9 Å². The number of nitrogens with zero attached hydrogens (tertiary/aromatic N) is 2. The van der Waals surface area contributed by atoms with Crippen molar-refractivity contribution in [2.45, 2.75) is 13.1 Å². The van der Waals surface area contributed by atoms with Crippen molar-refractivity contribution in [3.05, 3.63) is 68.3 Å². The smallest absolute Gasteiger partial charge is 0.312 e. The zero-order valence-corrected chi connectivity index (χ0v) is 14.0. The summed E-state index contributed by atoms with van der Waals surface area (Å²) in [5, 5.41) is 6.04. The van der Waals surface area contributed by atoms with E-state index in [9.17, 15) is 18.0 Å². The summed E-state index contributed by atoms with van der Waals surface area (Å²) >= 11 is 11.8. The van der Waals surface area contributed by atoms with Crippen molar-refractivity contribution in [1.82, 2.24) is 10.2 Å². The van der Waals surface area contributed by atoms with E-state index in [0.717, 1.165) is 11.0 Å². The van der Waals surface area contributed by atoms with Gasteiger partial charge in [0.05, 0.1) is 10.4 Å². The molecule has 1 heterocycles. The molecule has 0 aliphatic carbocycles. The highest BCUT2D eigenvalue weighted by molar-refractivity contribution is 6.34. The van der Waals surface area contributed by atoms with Gasteiger partial charge in [0.25, 0.3) is 5.56 Å². The lowest BCUT2D eigenvalue weighted by molar-refractivity contribution is 0.140. The predicted molar refractivity (Wildman–Crippen MR) is 91.0 cm³/mol. The number of hydrogen-bond donors (Lipinski definition) is 1. The summed E-state index contributed by atoms with van der Waals surface area (Å²) in [4.78, 5) is 12.4. The van der Waals surface area contributed by atoms with Crippen LogP contribution >= 0.6 is 23.2 Å². The Morgan fingerprint density at radius 3 is 2.64 bits per heavy atom. The van der Waals surface area contributed by atoms with E-state index in [0.29, 0.717) is 0 Å². The Balaban J connectivity index is 2.07. The number of alkyl halides is 2. The van der Waals surface area contributed by atoms with Crippen LogP contribution in [0.2, 0.25) is 10.2 Å². The zero-order valence-electron chi connectivity index (χ0n) is 12.4. The minimum atomic E-state index is -2.88. The SMILES string of the molecule is O=c1[nH]nc(Cl)c2cc(N(Cc3cccc(F)c3Cl)C(F)F)ccc12. The van der Waals surface area contributed by atoms with Crippen LogP contribution < -0.4 is 10.5 Å². The van der Waals surface area contributed by atoms with Crippen molar-refractivity contribution in [3.8, 4) is 0 Å². The molecule has 0 saturated carbocycles. The molecule has 2 aromatic carbocycles. The van der Waals surface area contributed by atoms with E-state index in [1.165, 1.54) is 30.3 Å². The van der Waals surface area contributed by atoms with Gasteiger partial charge in [-0.15, -0.1) is 0 Å². The lowest BCUT2D eigenvalue weighted by atomic mass is 10.1. The van der Waals surface area contributed by atoms with Crippen molar-refractivity contribution in [2.24, 2.45) is 0 Å². The average molecular weight is 388 g/mol. The fourth-order valence-electron chi connectivity index (χ4n) is 2.43. The molecule has 1 aromatic heterocycles. The van der Waals surface area contributed by atoms with Gasteiger partial charge in [-0.25, -0.2) is 9.49 Å². The number of aromatic amines is 1. The highest BCUT2D eigenvalue weighted by atomic mass is 35.5. The van der Waals surface area contributed by atoms with Gasteiger partial charge in [-0.05, 0) is 29.8 Å². The lowest BCUT2D eigenvalue weighted by Gasteiger charge is -2.24. The molecule has 3 rings (SSSR count). The monoisotopic (exact) mass is 387 g/mol. The molecule has 0 bridgehead atoms. The standard InChI is InChI=1S/C16H10Cl2F3N3O/c17-13-8(2-1-3-12(13)19)7-24(16(20)21)9-4-5-10-11(6-9)14(18)22-23-15(10)25/h1-6,16H,7H2,(H,23,25). The Morgan fingerprint density at radius 2 is 1.92 bits per heavy atom. The maximum Gasteiger partial charge on any atom is 0.315 e. The quantitative estimate of drug-likeness (QED) is 0.665. The fraction of sp³-hybridized carbons (Fsp3) is 0.125. The minimum Gasteiger partial charge on any atom is -0.312 e. The van der Waals surface area contributed by atoms with E-state index in [1.807, 2.05) is 0 Å². The maximum atomic E-state index is 13.6. The number of benzene rings is 2. The molecule has 0 aliphatic heterocycles. The Morgan fingerprint density at radius 1 is 1.16 bits per heavy atom. The summed E-state index contributed by atoms with van der Waals surface area (Å²) in [6.45, 7) is -3.21. The van der Waals surface area contributed by atoms with E-state index in [1.54, 1.807) is 0 Å². The molecule has 1 N–H and O–H groups in total. The molecule has 4 nitrogen and oxygen atoms in total. The fourth-order valence-corrected chi connectivity index (χ4v) is 2.81. The molecule has 0 radical (unpaired) electrons. The summed E-state index contributed by atoms with van der Waals surface area (Å²) in [6, 6.07) is 8.06. The molecule has 0 amide bonds. The van der Waals surface area contributed by atoms with Crippen LogP contribution in [0.25, 0.3) is 10.8 Å². The maximum absolute atomic E-state index is 13.6. The Kier molecular flexibility index (Phi) is 4.87. The van der Waals surface area contributed by atoms with E-state index in [4.69, 9.17) is 23.2 Å². The normalized spacial score (nSPS) is 11.3. The highest BCUT2D eigenvalue weighted by Gasteiger charge is 2.20. The second-order valence-corrected chi connectivity index (χ2v) is 5.93. The molecular weight excluding hydrogens is 378 g/mol. The lowest BCUT2D eigenvalue weighted by Crippen LogP contribution is -2.28. The van der Waals surface area contributed by atoms with Gasteiger partial charge in [0, 0.05) is 17.6 Å². The second kappa shape index (κ2) is 6.93. The number of halogens is 5. The summed E-state index contributed by atoms with van der Waals surface area (Å²) < 4.78 is 40.6. The number of nitrogens with one attached hydrogen (secondary N) is 1. The van der Waals surface area contributed by atoms with Gasteiger partial charge in [-0.3, -0.25) is 4.79 Å². The number of hydrogen-bond acceptors (Lipinski definition) is 3. The van der Waals surface area contributed by atoms with Gasteiger partial charge in [-0.1, -0.05) is 35.3 Å². The third-order valence-corrected chi connectivity index (χ3v) is 4.38. The molecule has 0 atom stereocenters. The first-order valence-corrected chi connectivity index (χ1v) is 7.79. The Hall–Kier alpha value is -2.25. The first kappa shape index (κ1) is 17.6. The second-order valence-electron chi connectivity index (χ2n) is 5.19. The number of rotatable bonds is 4. The van der Waals surface area contributed by atoms with Crippen LogP contribution in [0.3, 0.4) is 0 Å². The minimum absolute atomic E-state index is 0.0190. The first-order valence-electron chi connectivity index (χ1n) is 7.04. The van der Waals surface area contributed by atoms with Gasteiger partial charge in [-0.2, -0.15) is 13.9 Å². The zero-order chi connectivity index (χ0) is 18.1. The largest absolute Gasteiger partial charge is 0.315 e. The molecular formula is C16H10Cl2F3N3O. The molecule has 3 aromatic rings. The van der Waals surface area contributed by atoms with Crippen LogP contribution in [-0.2, 0) is 6.54 Å². The molecule has 130 valence electrons. The topological polar surface area (TPSA) is 49.0 Å². The number of H-pyrrole nitrogens is 1. The van der Waals surface area contributed by atoms with Crippen LogP contribution in [0, 0.1) is 5.82 Å².